The lowest BCUT2D eigenvalue weighted by atomic mass is 9.81. The van der Waals surface area contributed by atoms with Gasteiger partial charge in [0.15, 0.2) is 0 Å². The highest BCUT2D eigenvalue weighted by Gasteiger charge is 2.36. The van der Waals surface area contributed by atoms with Crippen LogP contribution < -0.4 is 4.90 Å². The number of ether oxygens (including phenoxy) is 2. The van der Waals surface area contributed by atoms with E-state index in [2.05, 4.69) is 261 Å². The topological polar surface area (TPSA) is 26.6 Å². The molecular weight excluding hydrogens is 913 g/mol. The maximum absolute atomic E-state index is 6.25. The van der Waals surface area contributed by atoms with Gasteiger partial charge in [-0.15, -0.1) is 0 Å². The van der Waals surface area contributed by atoms with Gasteiger partial charge in [0, 0.05) is 33.2 Å². The van der Waals surface area contributed by atoms with Crippen LogP contribution in [0.1, 0.15) is 70.3 Å². The van der Waals surface area contributed by atoms with Gasteiger partial charge in [-0.05, 0) is 139 Å². The molecule has 1 atom stereocenters. The van der Waals surface area contributed by atoms with Gasteiger partial charge in [0.2, 0.25) is 0 Å². The molecule has 0 radical (unpaired) electrons. The van der Waals surface area contributed by atoms with Gasteiger partial charge in [0.1, 0.15) is 0 Å². The van der Waals surface area contributed by atoms with Crippen molar-refractivity contribution in [2.45, 2.75) is 58.2 Å². The van der Waals surface area contributed by atoms with Gasteiger partial charge in [-0.25, -0.2) is 0 Å². The fourth-order valence-corrected chi connectivity index (χ4v) is 11.2. The zero-order valence-electron chi connectivity index (χ0n) is 42.8. The number of hydrogen-bond acceptors (Lipinski definition) is 3. The molecule has 0 amide bonds. The molecule has 0 bridgehead atoms. The molecule has 0 aliphatic heterocycles. The minimum atomic E-state index is -0.199. The van der Waals surface area contributed by atoms with Crippen LogP contribution in [-0.2, 0) is 41.3 Å². The molecule has 12 rings (SSSR count). The molecule has 2 aliphatic rings. The van der Waals surface area contributed by atoms with E-state index in [1.165, 1.54) is 77.6 Å². The molecule has 10 aromatic rings. The normalized spacial score (nSPS) is 14.4. The van der Waals surface area contributed by atoms with Crippen LogP contribution in [0, 0.1) is 0 Å². The van der Waals surface area contributed by atoms with E-state index >= 15 is 0 Å². The number of anilines is 2. The SMILES string of the molecule is C=Cc1ccc(COCc2ccc(-n3c4ccccc4c4cc(-c5ccc(N(c6ccc7c(c6)C(C)(C)c6cc(COCc8ccc(C=C)cc8)ccc6-7)C6C=CC(c7ccccc7)=CC6)cc5)ccc43)cc2)cc1. The van der Waals surface area contributed by atoms with Gasteiger partial charge in [-0.2, -0.15) is 0 Å². The van der Waals surface area contributed by atoms with E-state index < -0.39 is 0 Å². The van der Waals surface area contributed by atoms with Crippen LogP contribution in [0.5, 0.6) is 0 Å². The van der Waals surface area contributed by atoms with E-state index in [-0.39, 0.29) is 11.5 Å². The highest BCUT2D eigenvalue weighted by molar-refractivity contribution is 6.10. The first-order valence-electron chi connectivity index (χ1n) is 26.1. The molecule has 0 spiro atoms. The van der Waals surface area contributed by atoms with E-state index in [0.717, 1.165) is 45.6 Å². The summed E-state index contributed by atoms with van der Waals surface area (Å²) in [5.74, 6) is 0. The molecule has 1 heterocycles. The number of fused-ring (bicyclic) bond motifs is 6. The second-order valence-corrected chi connectivity index (χ2v) is 20.5. The number of aromatic nitrogens is 1. The number of benzene rings is 9. The maximum Gasteiger partial charge on any atom is 0.0721 e. The van der Waals surface area contributed by atoms with E-state index in [1.807, 2.05) is 12.2 Å². The fourth-order valence-electron chi connectivity index (χ4n) is 11.2. The van der Waals surface area contributed by atoms with Gasteiger partial charge >= 0.3 is 0 Å². The Bertz CT molecular complexity index is 3780. The summed E-state index contributed by atoms with van der Waals surface area (Å²) >= 11 is 0. The Kier molecular flexibility index (Phi) is 12.9. The minimum absolute atomic E-state index is 0.120. The number of para-hydroxylation sites is 1. The van der Waals surface area contributed by atoms with E-state index in [1.54, 1.807) is 0 Å². The summed E-state index contributed by atoms with van der Waals surface area (Å²) in [6.07, 6.45) is 11.7. The zero-order chi connectivity index (χ0) is 50.9. The van der Waals surface area contributed by atoms with Crippen molar-refractivity contribution in [1.82, 2.24) is 4.57 Å². The number of hydrogen-bond donors (Lipinski definition) is 0. The average Bonchev–Trinajstić information content (AvgIpc) is 3.91. The van der Waals surface area contributed by atoms with E-state index in [4.69, 9.17) is 9.47 Å². The van der Waals surface area contributed by atoms with Crippen molar-refractivity contribution in [2.24, 2.45) is 0 Å². The van der Waals surface area contributed by atoms with E-state index in [9.17, 15) is 0 Å². The molecule has 0 fully saturated rings. The summed E-state index contributed by atoms with van der Waals surface area (Å²) in [7, 11) is 0. The van der Waals surface area contributed by atoms with Crippen LogP contribution in [0.25, 0.3) is 67.5 Å². The van der Waals surface area contributed by atoms with Crippen molar-refractivity contribution in [3.63, 3.8) is 0 Å². The Hall–Kier alpha value is -8.54. The van der Waals surface area contributed by atoms with Crippen LogP contribution in [0.15, 0.2) is 238 Å². The zero-order valence-corrected chi connectivity index (χ0v) is 42.8. The first kappa shape index (κ1) is 47.5. The Balaban J connectivity index is 0.819. The molecule has 2 aliphatic carbocycles. The molecule has 1 unspecified atom stereocenters. The Morgan fingerprint density at radius 2 is 1.05 bits per heavy atom. The lowest BCUT2D eigenvalue weighted by Crippen LogP contribution is -2.30. The maximum atomic E-state index is 6.25. The lowest BCUT2D eigenvalue weighted by molar-refractivity contribution is 0.107. The van der Waals surface area contributed by atoms with Crippen LogP contribution in [0.4, 0.5) is 11.4 Å². The van der Waals surface area contributed by atoms with Gasteiger partial charge in [0.05, 0.1) is 43.5 Å². The molecular formula is C71H60N2O2. The highest BCUT2D eigenvalue weighted by atomic mass is 16.5. The Morgan fingerprint density at radius 1 is 0.507 bits per heavy atom. The first-order chi connectivity index (χ1) is 36.8. The molecule has 0 saturated carbocycles. The second kappa shape index (κ2) is 20.4. The third-order valence-corrected chi connectivity index (χ3v) is 15.4. The second-order valence-electron chi connectivity index (χ2n) is 20.5. The fraction of sp³-hybridized carbons (Fsp3) is 0.127. The minimum Gasteiger partial charge on any atom is -0.372 e. The lowest BCUT2D eigenvalue weighted by Gasteiger charge is -2.34. The average molecular weight is 973 g/mol. The van der Waals surface area contributed by atoms with Crippen LogP contribution in [0.3, 0.4) is 0 Å². The summed E-state index contributed by atoms with van der Waals surface area (Å²) in [6.45, 7) is 14.7. The molecule has 75 heavy (non-hydrogen) atoms. The molecule has 9 aromatic carbocycles. The van der Waals surface area contributed by atoms with Crippen LogP contribution >= 0.6 is 0 Å². The monoisotopic (exact) mass is 972 g/mol. The molecule has 0 N–H and O–H groups in total. The van der Waals surface area contributed by atoms with Gasteiger partial charge < -0.3 is 18.9 Å². The third kappa shape index (κ3) is 9.40. The number of rotatable bonds is 16. The molecule has 4 heteroatoms. The standard InChI is InChI=1S/C71H60N2O2/c1-5-49-16-20-51(21-17-49)45-74-47-53-24-32-61(33-25-53)73-69-15-11-10-14-65(69)66-43-58(31-41-70(66)73)57-29-36-60(37-30-57)72(59-34-27-56(28-35-59)55-12-8-7-9-13-55)62-38-40-64-63-39-26-54(42-67(63)71(3,4)68(64)44-62)48-75-46-52-22-18-50(6-2)19-23-52/h5-34,36-44,59H,1-2,35,45-48H2,3-4H3. The summed E-state index contributed by atoms with van der Waals surface area (Å²) in [6, 6.07) is 75.3. The van der Waals surface area contributed by atoms with Crippen molar-refractivity contribution >= 4 is 50.9 Å². The Morgan fingerprint density at radius 3 is 1.69 bits per heavy atom. The van der Waals surface area contributed by atoms with Crippen molar-refractivity contribution in [3.05, 3.63) is 288 Å². The first-order valence-corrected chi connectivity index (χ1v) is 26.1. The molecule has 0 saturated heterocycles. The number of nitrogens with zero attached hydrogens (tertiary/aromatic N) is 2. The summed E-state index contributed by atoms with van der Waals surface area (Å²) in [5.41, 5.74) is 22.7. The molecule has 366 valence electrons. The largest absolute Gasteiger partial charge is 0.372 e. The molecule has 4 nitrogen and oxygen atoms in total. The van der Waals surface area contributed by atoms with Gasteiger partial charge in [0.25, 0.3) is 0 Å². The smallest absolute Gasteiger partial charge is 0.0721 e. The summed E-state index contributed by atoms with van der Waals surface area (Å²) < 4.78 is 14.7. The van der Waals surface area contributed by atoms with Gasteiger partial charge in [-0.3, -0.25) is 0 Å². The van der Waals surface area contributed by atoms with E-state index in [0.29, 0.717) is 26.4 Å². The van der Waals surface area contributed by atoms with Gasteiger partial charge in [-0.1, -0.05) is 209 Å². The van der Waals surface area contributed by atoms with Crippen LogP contribution in [-0.4, -0.2) is 10.6 Å². The Labute approximate surface area is 441 Å². The number of allylic oxidation sites excluding steroid dienone is 2. The van der Waals surface area contributed by atoms with Crippen molar-refractivity contribution in [3.8, 4) is 27.9 Å². The van der Waals surface area contributed by atoms with Crippen LogP contribution in [0.2, 0.25) is 0 Å². The van der Waals surface area contributed by atoms with Crippen molar-refractivity contribution in [1.29, 1.82) is 0 Å². The highest BCUT2D eigenvalue weighted by Crippen LogP contribution is 2.51. The third-order valence-electron chi connectivity index (χ3n) is 15.4. The van der Waals surface area contributed by atoms with Crippen molar-refractivity contribution in [2.75, 3.05) is 4.90 Å². The summed E-state index contributed by atoms with van der Waals surface area (Å²) in [5, 5.41) is 2.46. The van der Waals surface area contributed by atoms with Crippen molar-refractivity contribution < 1.29 is 9.47 Å². The quantitative estimate of drug-likeness (QED) is 0.0965. The summed E-state index contributed by atoms with van der Waals surface area (Å²) in [4.78, 5) is 2.54. The molecule has 1 aromatic heterocycles. The predicted octanol–water partition coefficient (Wildman–Crippen LogP) is 18.0. The predicted molar refractivity (Wildman–Crippen MR) is 314 cm³/mol.